The summed E-state index contributed by atoms with van der Waals surface area (Å²) in [6.45, 7) is 14.3. The van der Waals surface area contributed by atoms with Crippen molar-refractivity contribution >= 4 is 67.0 Å². The van der Waals surface area contributed by atoms with Crippen molar-refractivity contribution in [3.8, 4) is 0 Å². The van der Waals surface area contributed by atoms with Crippen LogP contribution in [0.2, 0.25) is 0 Å². The van der Waals surface area contributed by atoms with Gasteiger partial charge in [0.25, 0.3) is 0 Å². The molecule has 4 heteroatoms. The molecule has 0 unspecified atom stereocenters. The largest absolute Gasteiger partial charge is 0.341 e. The third kappa shape index (κ3) is 4.80. The van der Waals surface area contributed by atoms with Crippen molar-refractivity contribution in [1.82, 2.24) is 0 Å². The number of benzene rings is 6. The normalized spacial score (nSPS) is 15.6. The maximum absolute atomic E-state index is 2.53. The van der Waals surface area contributed by atoms with Crippen molar-refractivity contribution in [3.63, 3.8) is 0 Å². The van der Waals surface area contributed by atoms with Gasteiger partial charge in [0.05, 0.1) is 39.8 Å². The van der Waals surface area contributed by atoms with Crippen LogP contribution in [0.15, 0.2) is 133 Å². The van der Waals surface area contributed by atoms with Gasteiger partial charge in [0.1, 0.15) is 0 Å². The number of hydrogen-bond donors (Lipinski definition) is 0. The van der Waals surface area contributed by atoms with Gasteiger partial charge in [-0.15, -0.1) is 0 Å². The first-order chi connectivity index (χ1) is 24.9. The number of likely N-dealkylation sites (N-methyl/N-ethyl adjacent to an activating group) is 1. The van der Waals surface area contributed by atoms with Gasteiger partial charge in [0.2, 0.25) is 0 Å². The molecule has 260 valence electrons. The van der Waals surface area contributed by atoms with E-state index in [2.05, 4.69) is 197 Å². The van der Waals surface area contributed by atoms with Gasteiger partial charge in [0, 0.05) is 31.2 Å². The van der Waals surface area contributed by atoms with Crippen LogP contribution in [0.1, 0.15) is 65.5 Å². The summed E-state index contributed by atoms with van der Waals surface area (Å²) in [6.07, 6.45) is 6.69. The summed E-state index contributed by atoms with van der Waals surface area (Å²) in [5, 5.41) is 5.35. The molecule has 9 rings (SSSR count). The van der Waals surface area contributed by atoms with Crippen LogP contribution in [0.3, 0.4) is 0 Å². The zero-order valence-corrected chi connectivity index (χ0v) is 31.8. The van der Waals surface area contributed by atoms with Crippen LogP contribution < -0.4 is 19.6 Å². The number of hydrogen-bond acceptors (Lipinski definition) is 4. The topological polar surface area (TPSA) is 13.0 Å². The van der Waals surface area contributed by atoms with Crippen molar-refractivity contribution in [3.05, 3.63) is 144 Å². The van der Waals surface area contributed by atoms with E-state index in [0.29, 0.717) is 0 Å². The smallest absolute Gasteiger partial charge is 0.0699 e. The van der Waals surface area contributed by atoms with E-state index in [1.807, 2.05) is 0 Å². The highest BCUT2D eigenvalue weighted by Crippen LogP contribution is 2.53. The summed E-state index contributed by atoms with van der Waals surface area (Å²) in [7, 11) is 4.38. The monoisotopic (exact) mass is 680 g/mol. The Morgan fingerprint density at radius 3 is 1.37 bits per heavy atom. The van der Waals surface area contributed by atoms with E-state index in [1.165, 1.54) is 89.6 Å². The Kier molecular flexibility index (Phi) is 7.18. The molecule has 4 nitrogen and oxygen atoms in total. The summed E-state index contributed by atoms with van der Waals surface area (Å²) < 4.78 is 0. The zero-order valence-electron chi connectivity index (χ0n) is 31.8. The quantitative estimate of drug-likeness (QED) is 0.169. The summed E-state index contributed by atoms with van der Waals surface area (Å²) >= 11 is 0. The average Bonchev–Trinajstić information content (AvgIpc) is 3.13. The number of para-hydroxylation sites is 6. The first kappa shape index (κ1) is 32.4. The average molecular weight is 681 g/mol. The van der Waals surface area contributed by atoms with Crippen molar-refractivity contribution in [1.29, 1.82) is 0 Å². The highest BCUT2D eigenvalue weighted by atomic mass is 15.3. The van der Waals surface area contributed by atoms with Gasteiger partial charge in [-0.05, 0) is 123 Å². The summed E-state index contributed by atoms with van der Waals surface area (Å²) in [4.78, 5) is 9.66. The molecule has 6 aromatic rings. The standard InChI is InChI=1S/C48H48N4/c1-47(2,3)45-33-27-25-32(52-43-23-15-11-19-39(43)50(8)40-20-12-16-24-44(40)52)30-36(33)46(48(4,5)6)34-28-26-31(29-35(34)45)51-41-21-13-9-17-37(41)49(7)38-18-10-14-22-42(38)51/h9-15,17-23,25-30H,16,24H2,1-8H3. The molecule has 0 saturated carbocycles. The minimum absolute atomic E-state index is 0.0991. The maximum Gasteiger partial charge on any atom is 0.0699 e. The predicted octanol–water partition coefficient (Wildman–Crippen LogP) is 13.3. The van der Waals surface area contributed by atoms with Crippen LogP contribution >= 0.6 is 0 Å². The summed E-state index contributed by atoms with van der Waals surface area (Å²) in [5.74, 6) is 0. The minimum atomic E-state index is -0.102. The van der Waals surface area contributed by atoms with E-state index < -0.39 is 0 Å². The molecular weight excluding hydrogens is 633 g/mol. The Morgan fingerprint density at radius 1 is 0.462 bits per heavy atom. The maximum atomic E-state index is 2.53. The molecule has 0 aromatic heterocycles. The molecule has 6 aromatic carbocycles. The van der Waals surface area contributed by atoms with Gasteiger partial charge in [-0.25, -0.2) is 0 Å². The van der Waals surface area contributed by atoms with Crippen molar-refractivity contribution in [2.75, 3.05) is 33.7 Å². The van der Waals surface area contributed by atoms with Crippen LogP contribution in [0.5, 0.6) is 0 Å². The molecule has 0 N–H and O–H groups in total. The molecule has 0 amide bonds. The van der Waals surface area contributed by atoms with E-state index in [9.17, 15) is 0 Å². The van der Waals surface area contributed by atoms with Crippen LogP contribution in [0.4, 0.5) is 45.5 Å². The van der Waals surface area contributed by atoms with Crippen molar-refractivity contribution in [2.24, 2.45) is 0 Å². The zero-order chi connectivity index (χ0) is 36.1. The summed E-state index contributed by atoms with van der Waals surface area (Å²) in [5.41, 5.74) is 14.9. The SMILES string of the molecule is CN1C2=C(CCC=C2)N(c2ccc3c(C(C)(C)C)c4cc(N5c6ccccc6N(C)c6ccccc65)ccc4c(C(C)(C)C)c3c2)c2ccccc21. The van der Waals surface area contributed by atoms with E-state index >= 15 is 0 Å². The molecule has 0 saturated heterocycles. The van der Waals surface area contributed by atoms with Crippen LogP contribution in [-0.4, -0.2) is 14.1 Å². The van der Waals surface area contributed by atoms with Gasteiger partial charge in [-0.3, -0.25) is 0 Å². The molecule has 0 fully saturated rings. The van der Waals surface area contributed by atoms with E-state index in [4.69, 9.17) is 0 Å². The lowest BCUT2D eigenvalue weighted by molar-refractivity contribution is 0.593. The lowest BCUT2D eigenvalue weighted by Gasteiger charge is -2.41. The Labute approximate surface area is 308 Å². The molecule has 0 radical (unpaired) electrons. The number of nitrogens with zero attached hydrogens (tertiary/aromatic N) is 4. The first-order valence-corrected chi connectivity index (χ1v) is 18.7. The fraction of sp³-hybridized carbons (Fsp3) is 0.250. The molecule has 2 heterocycles. The Balaban J connectivity index is 1.32. The van der Waals surface area contributed by atoms with Crippen molar-refractivity contribution < 1.29 is 0 Å². The predicted molar refractivity (Wildman–Crippen MR) is 224 cm³/mol. The fourth-order valence-corrected chi connectivity index (χ4v) is 9.19. The minimum Gasteiger partial charge on any atom is -0.341 e. The lowest BCUT2D eigenvalue weighted by atomic mass is 9.74. The number of fused-ring (bicyclic) bond motifs is 5. The Bertz CT molecular complexity index is 2440. The van der Waals surface area contributed by atoms with E-state index in [0.717, 1.165) is 12.8 Å². The van der Waals surface area contributed by atoms with Crippen molar-refractivity contribution in [2.45, 2.75) is 65.2 Å². The second-order valence-corrected chi connectivity index (χ2v) is 16.7. The first-order valence-electron chi connectivity index (χ1n) is 18.7. The molecule has 3 aliphatic rings. The van der Waals surface area contributed by atoms with Gasteiger partial charge >= 0.3 is 0 Å². The van der Waals surface area contributed by atoms with Crippen LogP contribution in [0.25, 0.3) is 21.5 Å². The summed E-state index contributed by atoms with van der Waals surface area (Å²) in [6, 6.07) is 40.9. The van der Waals surface area contributed by atoms with Crippen LogP contribution in [0, 0.1) is 0 Å². The second-order valence-electron chi connectivity index (χ2n) is 16.7. The second kappa shape index (κ2) is 11.5. The molecular formula is C48H48N4. The van der Waals surface area contributed by atoms with Gasteiger partial charge in [0.15, 0.2) is 0 Å². The number of allylic oxidation sites excluding steroid dienone is 3. The molecule has 2 aliphatic heterocycles. The third-order valence-corrected chi connectivity index (χ3v) is 11.3. The van der Waals surface area contributed by atoms with Gasteiger partial charge < -0.3 is 19.6 Å². The Hall–Kier alpha value is -5.48. The third-order valence-electron chi connectivity index (χ3n) is 11.3. The lowest BCUT2D eigenvalue weighted by Crippen LogP contribution is -2.32. The van der Waals surface area contributed by atoms with E-state index in [-0.39, 0.29) is 10.8 Å². The van der Waals surface area contributed by atoms with E-state index in [1.54, 1.807) is 0 Å². The molecule has 0 spiro atoms. The fourth-order valence-electron chi connectivity index (χ4n) is 9.19. The highest BCUT2D eigenvalue weighted by molar-refractivity contribution is 6.10. The molecule has 0 atom stereocenters. The highest BCUT2D eigenvalue weighted by Gasteiger charge is 2.33. The Morgan fingerprint density at radius 2 is 0.885 bits per heavy atom. The number of anilines is 8. The molecule has 52 heavy (non-hydrogen) atoms. The van der Waals surface area contributed by atoms with Crippen LogP contribution in [-0.2, 0) is 10.8 Å². The van der Waals surface area contributed by atoms with Gasteiger partial charge in [-0.1, -0.05) is 96.1 Å². The molecule has 0 bridgehead atoms. The van der Waals surface area contributed by atoms with Gasteiger partial charge in [-0.2, -0.15) is 0 Å². The molecule has 1 aliphatic carbocycles. The number of rotatable bonds is 2.